The average molecular weight is 160 g/mol. The predicted octanol–water partition coefficient (Wildman–Crippen LogP) is 0.207. The van der Waals surface area contributed by atoms with E-state index in [1.165, 1.54) is 5.80 Å². The molecule has 0 saturated carbocycles. The summed E-state index contributed by atoms with van der Waals surface area (Å²) in [6, 6.07) is 0. The molecule has 0 heterocycles. The van der Waals surface area contributed by atoms with Crippen molar-refractivity contribution in [1.29, 1.82) is 0 Å². The van der Waals surface area contributed by atoms with Gasteiger partial charge in [0, 0.05) is 0 Å². The Kier molecular flexibility index (Phi) is 3.93. The molecule has 0 aromatic rings. The maximum Gasteiger partial charge on any atom is 0.338 e. The van der Waals surface area contributed by atoms with E-state index in [1.807, 2.05) is 0 Å². The lowest BCUT2D eigenvalue weighted by atomic mass is 10.4. The lowest BCUT2D eigenvalue weighted by Gasteiger charge is -1.91. The molecule has 3 nitrogen and oxygen atoms in total. The van der Waals surface area contributed by atoms with Crippen molar-refractivity contribution >= 4 is 19.5 Å². The molecule has 0 rings (SSSR count). The Morgan fingerprint density at radius 1 is 1.90 bits per heavy atom. The van der Waals surface area contributed by atoms with Crippen LogP contribution in [0, 0.1) is 0 Å². The van der Waals surface area contributed by atoms with E-state index in [0.29, 0.717) is 6.16 Å². The Labute approximate surface area is 60.5 Å². The maximum atomic E-state index is 10.7. The largest absolute Gasteiger partial charge is 0.630 e. The van der Waals surface area contributed by atoms with Crippen LogP contribution < -0.4 is 4.89 Å². The van der Waals surface area contributed by atoms with Gasteiger partial charge in [-0.3, -0.25) is 0 Å². The first kappa shape index (κ1) is 9.34. The van der Waals surface area contributed by atoms with Crippen molar-refractivity contribution in [2.24, 2.45) is 0 Å². The summed E-state index contributed by atoms with van der Waals surface area (Å²) < 4.78 is 0. The van der Waals surface area contributed by atoms with Crippen LogP contribution in [0.4, 0.5) is 0 Å². The zero-order valence-electron chi connectivity index (χ0n) is 5.70. The molecule has 0 aromatic heterocycles. The van der Waals surface area contributed by atoms with E-state index in [4.69, 9.17) is 5.11 Å². The molecular weight excluding hydrogens is 151 g/mol. The molecule has 4 heteroatoms. The van der Waals surface area contributed by atoms with Crippen LogP contribution in [0.5, 0.6) is 0 Å². The molecule has 1 atom stereocenters. The van der Waals surface area contributed by atoms with Gasteiger partial charge in [0.05, 0.1) is 19.5 Å². The van der Waals surface area contributed by atoms with Gasteiger partial charge in [0.1, 0.15) is 5.80 Å². The summed E-state index contributed by atoms with van der Waals surface area (Å²) in [6.45, 7) is 4.93. The first-order valence-electron chi connectivity index (χ1n) is 2.78. The summed E-state index contributed by atoms with van der Waals surface area (Å²) in [5.74, 6) is 0.0642. The van der Waals surface area contributed by atoms with Crippen molar-refractivity contribution in [1.82, 2.24) is 0 Å². The van der Waals surface area contributed by atoms with Crippen LogP contribution in [0.25, 0.3) is 0 Å². The minimum atomic E-state index is -1.51. The molecule has 0 fully saturated rings. The van der Waals surface area contributed by atoms with Gasteiger partial charge in [-0.1, -0.05) is 6.58 Å². The van der Waals surface area contributed by atoms with Crippen molar-refractivity contribution < 1.29 is 14.8 Å². The quantitative estimate of drug-likeness (QED) is 0.474. The zero-order chi connectivity index (χ0) is 8.15. The standard InChI is InChI=1S/C6H9O3P/c1-3-10(9)4-5(2)6(7)8/h4H,2-3H2,1H3,(H,7,8). The Bertz CT molecular complexity index is 183. The van der Waals surface area contributed by atoms with Crippen molar-refractivity contribution in [2.45, 2.75) is 6.92 Å². The van der Waals surface area contributed by atoms with Gasteiger partial charge in [-0.15, -0.1) is 0 Å². The molecule has 0 aliphatic carbocycles. The van der Waals surface area contributed by atoms with Gasteiger partial charge in [-0.25, -0.2) is 4.79 Å². The van der Waals surface area contributed by atoms with Gasteiger partial charge in [-0.2, -0.15) is 0 Å². The predicted molar refractivity (Wildman–Crippen MR) is 40.3 cm³/mol. The SMILES string of the molecule is C=C(/C=[P+](\[O-])CC)C(=O)O. The third-order valence-electron chi connectivity index (χ3n) is 0.886. The van der Waals surface area contributed by atoms with E-state index in [-0.39, 0.29) is 5.57 Å². The Morgan fingerprint density at radius 3 is 2.70 bits per heavy atom. The Balaban J connectivity index is 4.13. The van der Waals surface area contributed by atoms with Crippen LogP contribution in [0.2, 0.25) is 0 Å². The van der Waals surface area contributed by atoms with E-state index in [0.717, 1.165) is 0 Å². The molecule has 0 bridgehead atoms. The van der Waals surface area contributed by atoms with Gasteiger partial charge < -0.3 is 10.00 Å². The molecule has 0 aromatic carbocycles. The number of carbonyl (C=O) groups is 1. The van der Waals surface area contributed by atoms with Crippen LogP contribution in [0.1, 0.15) is 6.92 Å². The fourth-order valence-electron chi connectivity index (χ4n) is 0.320. The van der Waals surface area contributed by atoms with Crippen LogP contribution in [0.15, 0.2) is 12.2 Å². The molecule has 10 heavy (non-hydrogen) atoms. The molecule has 0 amide bonds. The summed E-state index contributed by atoms with van der Waals surface area (Å²) in [5, 5.41) is 8.27. The van der Waals surface area contributed by atoms with E-state index < -0.39 is 13.7 Å². The Morgan fingerprint density at radius 2 is 2.40 bits per heavy atom. The molecular formula is C6H9O3P. The van der Waals surface area contributed by atoms with E-state index in [9.17, 15) is 9.69 Å². The fourth-order valence-corrected chi connectivity index (χ4v) is 0.961. The number of aliphatic carboxylic acids is 1. The lowest BCUT2D eigenvalue weighted by Crippen LogP contribution is -2.02. The second-order valence-electron chi connectivity index (χ2n) is 1.69. The maximum absolute atomic E-state index is 10.7. The normalized spacial score (nSPS) is 11.2. The van der Waals surface area contributed by atoms with Gasteiger partial charge in [0.15, 0.2) is 0 Å². The second kappa shape index (κ2) is 4.20. The van der Waals surface area contributed by atoms with Crippen molar-refractivity contribution in [3.63, 3.8) is 0 Å². The van der Waals surface area contributed by atoms with E-state index in [1.54, 1.807) is 6.92 Å². The highest BCUT2D eigenvalue weighted by Crippen LogP contribution is 2.08. The number of carboxylic acid groups (broad SMARTS) is 1. The first-order valence-corrected chi connectivity index (χ1v) is 4.30. The highest BCUT2D eigenvalue weighted by Gasteiger charge is 2.02. The molecule has 0 aliphatic heterocycles. The number of hydrogen-bond donors (Lipinski definition) is 1. The first-order chi connectivity index (χ1) is 4.57. The second-order valence-corrected chi connectivity index (χ2v) is 3.42. The summed E-state index contributed by atoms with van der Waals surface area (Å²) in [7, 11) is -1.51. The van der Waals surface area contributed by atoms with Gasteiger partial charge >= 0.3 is 5.97 Å². The summed E-state index contributed by atoms with van der Waals surface area (Å²) in [6.07, 6.45) is 0.460. The topological polar surface area (TPSA) is 60.4 Å². The van der Waals surface area contributed by atoms with E-state index >= 15 is 0 Å². The summed E-state index contributed by atoms with van der Waals surface area (Å²) in [5.41, 5.74) is -0.0945. The molecule has 56 valence electrons. The van der Waals surface area contributed by atoms with Crippen molar-refractivity contribution in [3.05, 3.63) is 12.2 Å². The van der Waals surface area contributed by atoms with Crippen LogP contribution in [-0.4, -0.2) is 23.0 Å². The zero-order valence-corrected chi connectivity index (χ0v) is 6.60. The smallest absolute Gasteiger partial charge is 0.338 e. The Hall–Kier alpha value is -0.660. The third kappa shape index (κ3) is 3.38. The summed E-state index contributed by atoms with van der Waals surface area (Å²) >= 11 is 0. The van der Waals surface area contributed by atoms with Crippen molar-refractivity contribution in [2.75, 3.05) is 6.16 Å². The van der Waals surface area contributed by atoms with Crippen LogP contribution in [0.3, 0.4) is 0 Å². The van der Waals surface area contributed by atoms with Gasteiger partial charge in [-0.05, 0) is 6.92 Å². The van der Waals surface area contributed by atoms with E-state index in [2.05, 4.69) is 6.58 Å². The van der Waals surface area contributed by atoms with Crippen molar-refractivity contribution in [3.8, 4) is 0 Å². The number of carboxylic acids is 1. The molecule has 0 aliphatic rings. The summed E-state index contributed by atoms with van der Waals surface area (Å²) in [4.78, 5) is 20.8. The minimum absolute atomic E-state index is 0.0945. The number of hydrogen-bond acceptors (Lipinski definition) is 2. The van der Waals surface area contributed by atoms with Crippen LogP contribution >= 0.6 is 7.77 Å². The molecule has 0 saturated heterocycles. The minimum Gasteiger partial charge on any atom is -0.630 e. The third-order valence-corrected chi connectivity index (χ3v) is 2.11. The number of rotatable bonds is 3. The lowest BCUT2D eigenvalue weighted by molar-refractivity contribution is -0.152. The van der Waals surface area contributed by atoms with Gasteiger partial charge in [0.25, 0.3) is 0 Å². The molecule has 0 radical (unpaired) electrons. The average Bonchev–Trinajstić information content (AvgIpc) is 1.87. The van der Waals surface area contributed by atoms with Gasteiger partial charge in [0.2, 0.25) is 0 Å². The fraction of sp³-hybridized carbons (Fsp3) is 0.333. The highest BCUT2D eigenvalue weighted by molar-refractivity contribution is 7.50. The molecule has 1 unspecified atom stereocenters. The molecule has 0 spiro atoms. The molecule has 1 N–H and O–H groups in total. The highest BCUT2D eigenvalue weighted by atomic mass is 31.1. The van der Waals surface area contributed by atoms with Crippen LogP contribution in [-0.2, 0) is 4.79 Å². The monoisotopic (exact) mass is 160 g/mol.